The van der Waals surface area contributed by atoms with Crippen LogP contribution < -0.4 is 10.5 Å². The quantitative estimate of drug-likeness (QED) is 0.748. The van der Waals surface area contributed by atoms with E-state index < -0.39 is 0 Å². The molecule has 2 N–H and O–H groups in total. The van der Waals surface area contributed by atoms with Gasteiger partial charge >= 0.3 is 0 Å². The number of nitrogens with two attached hydrogens (primary N) is 1. The highest BCUT2D eigenvalue weighted by Crippen LogP contribution is 2.16. The topological polar surface area (TPSA) is 38.5 Å². The highest BCUT2D eigenvalue weighted by molar-refractivity contribution is 7.80. The van der Waals surface area contributed by atoms with Crippen molar-refractivity contribution in [3.8, 4) is 5.75 Å². The third kappa shape index (κ3) is 5.47. The number of hydrogen-bond donors (Lipinski definition) is 1. The van der Waals surface area contributed by atoms with Crippen LogP contribution in [0.1, 0.15) is 32.8 Å². The van der Waals surface area contributed by atoms with Crippen LogP contribution in [-0.2, 0) is 6.42 Å². The molecule has 0 spiro atoms. The Morgan fingerprint density at radius 1 is 1.30 bits per heavy atom. The lowest BCUT2D eigenvalue weighted by Gasteiger charge is -2.34. The molecule has 1 aromatic rings. The zero-order valence-corrected chi connectivity index (χ0v) is 13.8. The van der Waals surface area contributed by atoms with Crippen LogP contribution in [0.25, 0.3) is 0 Å². The minimum atomic E-state index is 0.212. The smallest absolute Gasteiger partial charge is 0.119 e. The molecule has 0 bridgehead atoms. The van der Waals surface area contributed by atoms with Crippen LogP contribution in [0, 0.1) is 0 Å². The summed E-state index contributed by atoms with van der Waals surface area (Å²) in [6, 6.07) is 7.96. The van der Waals surface area contributed by atoms with Gasteiger partial charge < -0.3 is 10.5 Å². The predicted molar refractivity (Wildman–Crippen MR) is 89.4 cm³/mol. The van der Waals surface area contributed by atoms with E-state index in [1.165, 1.54) is 0 Å². The summed E-state index contributed by atoms with van der Waals surface area (Å²) < 4.78 is 5.77. The van der Waals surface area contributed by atoms with Crippen molar-refractivity contribution in [2.45, 2.75) is 39.2 Å². The van der Waals surface area contributed by atoms with E-state index >= 15 is 0 Å². The molecular weight excluding hydrogens is 268 g/mol. The first-order chi connectivity index (χ1) is 9.35. The normalized spacial score (nSPS) is 11.7. The summed E-state index contributed by atoms with van der Waals surface area (Å²) in [5, 5.41) is 0. The second-order valence-electron chi connectivity index (χ2n) is 5.72. The van der Waals surface area contributed by atoms with Crippen LogP contribution in [-0.4, -0.2) is 35.6 Å². The lowest BCUT2D eigenvalue weighted by atomic mass is 10.0. The van der Waals surface area contributed by atoms with E-state index in [9.17, 15) is 0 Å². The standard InChI is InChI=1S/C16H26N2OS/c1-5-16(2,3)18(4)10-11-19-14-8-6-13(7-9-14)12-15(17)20/h6-9H,5,10-12H2,1-4H3,(H2,17,20). The molecule has 3 nitrogen and oxygen atoms in total. The minimum absolute atomic E-state index is 0.212. The Hall–Kier alpha value is -1.13. The molecule has 20 heavy (non-hydrogen) atoms. The van der Waals surface area contributed by atoms with Crippen LogP contribution in [0.15, 0.2) is 24.3 Å². The van der Waals surface area contributed by atoms with Crippen molar-refractivity contribution in [1.29, 1.82) is 0 Å². The summed E-state index contributed by atoms with van der Waals surface area (Å²) in [7, 11) is 2.14. The second-order valence-corrected chi connectivity index (χ2v) is 6.25. The molecule has 0 saturated heterocycles. The highest BCUT2D eigenvalue weighted by Gasteiger charge is 2.20. The van der Waals surface area contributed by atoms with Gasteiger partial charge in [0.2, 0.25) is 0 Å². The van der Waals surface area contributed by atoms with Crippen molar-refractivity contribution in [2.24, 2.45) is 5.73 Å². The molecule has 0 amide bonds. The number of ether oxygens (including phenoxy) is 1. The third-order valence-corrected chi connectivity index (χ3v) is 4.04. The maximum Gasteiger partial charge on any atom is 0.119 e. The van der Waals surface area contributed by atoms with E-state index in [0.717, 1.165) is 24.3 Å². The lowest BCUT2D eigenvalue weighted by Crippen LogP contribution is -2.42. The van der Waals surface area contributed by atoms with Crippen molar-refractivity contribution in [1.82, 2.24) is 4.90 Å². The Morgan fingerprint density at radius 2 is 1.90 bits per heavy atom. The average molecular weight is 294 g/mol. The van der Waals surface area contributed by atoms with E-state index in [4.69, 9.17) is 22.7 Å². The average Bonchev–Trinajstić information content (AvgIpc) is 2.40. The first-order valence-corrected chi connectivity index (χ1v) is 7.47. The number of thiocarbonyl (C=S) groups is 1. The molecule has 0 aliphatic heterocycles. The Bertz CT molecular complexity index is 429. The fourth-order valence-corrected chi connectivity index (χ4v) is 1.94. The van der Waals surface area contributed by atoms with Crippen molar-refractivity contribution >= 4 is 17.2 Å². The zero-order valence-electron chi connectivity index (χ0n) is 13.0. The molecule has 0 aromatic heterocycles. The summed E-state index contributed by atoms with van der Waals surface area (Å²) >= 11 is 4.90. The number of hydrogen-bond acceptors (Lipinski definition) is 3. The van der Waals surface area contributed by atoms with E-state index in [-0.39, 0.29) is 5.54 Å². The van der Waals surface area contributed by atoms with Gasteiger partial charge in [0.05, 0.1) is 4.99 Å². The maximum atomic E-state index is 5.77. The maximum absolute atomic E-state index is 5.77. The van der Waals surface area contributed by atoms with Gasteiger partial charge in [0.15, 0.2) is 0 Å². The van der Waals surface area contributed by atoms with Crippen LogP contribution in [0.4, 0.5) is 0 Å². The zero-order chi connectivity index (χ0) is 15.2. The fourth-order valence-electron chi connectivity index (χ4n) is 1.78. The highest BCUT2D eigenvalue weighted by atomic mass is 32.1. The van der Waals surface area contributed by atoms with E-state index in [2.05, 4.69) is 32.7 Å². The van der Waals surface area contributed by atoms with Crippen LogP contribution >= 0.6 is 12.2 Å². The molecule has 112 valence electrons. The molecule has 4 heteroatoms. The summed E-state index contributed by atoms with van der Waals surface area (Å²) in [6.45, 7) is 8.30. The largest absolute Gasteiger partial charge is 0.492 e. The number of rotatable bonds is 8. The lowest BCUT2D eigenvalue weighted by molar-refractivity contribution is 0.125. The first-order valence-electron chi connectivity index (χ1n) is 7.06. The van der Waals surface area contributed by atoms with Crippen molar-refractivity contribution in [3.05, 3.63) is 29.8 Å². The molecule has 0 unspecified atom stereocenters. The van der Waals surface area contributed by atoms with Gasteiger partial charge in [0.25, 0.3) is 0 Å². The SMILES string of the molecule is CCC(C)(C)N(C)CCOc1ccc(CC(N)=S)cc1. The molecule has 0 atom stereocenters. The van der Waals surface area contributed by atoms with E-state index in [1.807, 2.05) is 24.3 Å². The predicted octanol–water partition coefficient (Wildman–Crippen LogP) is 3.01. The molecule has 0 radical (unpaired) electrons. The van der Waals surface area contributed by atoms with Gasteiger partial charge in [0.1, 0.15) is 12.4 Å². The number of likely N-dealkylation sites (N-methyl/N-ethyl adjacent to an activating group) is 1. The molecule has 1 rings (SSSR count). The van der Waals surface area contributed by atoms with Gasteiger partial charge in [-0.05, 0) is 45.0 Å². The Balaban J connectivity index is 2.41. The van der Waals surface area contributed by atoms with Crippen molar-refractivity contribution < 1.29 is 4.74 Å². The Morgan fingerprint density at radius 3 is 2.40 bits per heavy atom. The fraction of sp³-hybridized carbons (Fsp3) is 0.562. The molecule has 0 aliphatic rings. The summed E-state index contributed by atoms with van der Waals surface area (Å²) in [5.74, 6) is 0.888. The van der Waals surface area contributed by atoms with Crippen LogP contribution in [0.5, 0.6) is 5.75 Å². The number of benzene rings is 1. The molecule has 0 fully saturated rings. The molecule has 1 aromatic carbocycles. The molecule has 0 heterocycles. The van der Waals surface area contributed by atoms with Gasteiger partial charge in [-0.1, -0.05) is 31.3 Å². The van der Waals surface area contributed by atoms with Crippen molar-refractivity contribution in [3.63, 3.8) is 0 Å². The van der Waals surface area contributed by atoms with Gasteiger partial charge in [0, 0.05) is 18.5 Å². The third-order valence-electron chi connectivity index (χ3n) is 3.90. The first kappa shape index (κ1) is 16.9. The molecular formula is C16H26N2OS. The monoisotopic (exact) mass is 294 g/mol. The second kappa shape index (κ2) is 7.60. The van der Waals surface area contributed by atoms with Crippen molar-refractivity contribution in [2.75, 3.05) is 20.2 Å². The van der Waals surface area contributed by atoms with Gasteiger partial charge in [-0.3, -0.25) is 4.90 Å². The van der Waals surface area contributed by atoms with Crippen LogP contribution in [0.2, 0.25) is 0 Å². The van der Waals surface area contributed by atoms with Crippen LogP contribution in [0.3, 0.4) is 0 Å². The van der Waals surface area contributed by atoms with Gasteiger partial charge in [-0.25, -0.2) is 0 Å². The Labute approximate surface area is 128 Å². The van der Waals surface area contributed by atoms with E-state index in [1.54, 1.807) is 0 Å². The van der Waals surface area contributed by atoms with Gasteiger partial charge in [-0.15, -0.1) is 0 Å². The van der Waals surface area contributed by atoms with E-state index in [0.29, 0.717) is 18.0 Å². The Kier molecular flexibility index (Phi) is 6.43. The number of nitrogens with zero attached hydrogens (tertiary/aromatic N) is 1. The molecule has 0 aliphatic carbocycles. The summed E-state index contributed by atoms with van der Waals surface area (Å²) in [6.07, 6.45) is 1.76. The molecule has 0 saturated carbocycles. The van der Waals surface area contributed by atoms with Gasteiger partial charge in [-0.2, -0.15) is 0 Å². The summed E-state index contributed by atoms with van der Waals surface area (Å²) in [4.78, 5) is 2.84. The minimum Gasteiger partial charge on any atom is -0.492 e. The summed E-state index contributed by atoms with van der Waals surface area (Å²) in [5.41, 5.74) is 6.86.